The van der Waals surface area contributed by atoms with Gasteiger partial charge in [0.25, 0.3) is 5.91 Å². The molecule has 5 atom stereocenters. The Hall–Kier alpha value is -4.23. The molecular weight excluding hydrogens is 674 g/mol. The summed E-state index contributed by atoms with van der Waals surface area (Å²) >= 11 is 0. The zero-order valence-electron chi connectivity index (χ0n) is 33.4. The van der Waals surface area contributed by atoms with Gasteiger partial charge in [0, 0.05) is 31.9 Å². The molecule has 0 aliphatic carbocycles. The minimum atomic E-state index is -1.13. The number of carbonyl (C=O) groups is 4. The SMILES string of the molecule is CCC(C)C(C(=O)NC(Cc1ccccc1)C(O)CN(CCC(C)(C)C)NC(=O)C(NC(=O)OC)C(C)(C)C)N1CCN(Cc2cccc(C)n2)C1=O. The monoisotopic (exact) mass is 737 g/mol. The van der Waals surface area contributed by atoms with Crippen LogP contribution in [0.15, 0.2) is 48.5 Å². The van der Waals surface area contributed by atoms with Crippen LogP contribution in [0, 0.1) is 23.7 Å². The van der Waals surface area contributed by atoms with Crippen molar-refractivity contribution in [2.75, 3.05) is 33.3 Å². The minimum Gasteiger partial charge on any atom is -0.453 e. The summed E-state index contributed by atoms with van der Waals surface area (Å²) in [5.41, 5.74) is 4.77. The summed E-state index contributed by atoms with van der Waals surface area (Å²) < 4.78 is 4.78. The number of aromatic nitrogens is 1. The molecule has 13 heteroatoms. The van der Waals surface area contributed by atoms with Crippen LogP contribution in [0.25, 0.3) is 0 Å². The molecule has 0 spiro atoms. The molecule has 294 valence electrons. The first-order chi connectivity index (χ1) is 24.8. The number of aryl methyl sites for hydroxylation is 1. The van der Waals surface area contributed by atoms with Crippen molar-refractivity contribution in [3.63, 3.8) is 0 Å². The van der Waals surface area contributed by atoms with E-state index in [9.17, 15) is 24.3 Å². The molecule has 2 heterocycles. The Balaban J connectivity index is 1.88. The third-order valence-electron chi connectivity index (χ3n) is 9.69. The van der Waals surface area contributed by atoms with Crippen molar-refractivity contribution in [2.24, 2.45) is 16.7 Å². The molecule has 1 fully saturated rings. The number of nitrogens with one attached hydrogen (secondary N) is 3. The quantitative estimate of drug-likeness (QED) is 0.171. The van der Waals surface area contributed by atoms with Crippen LogP contribution in [0.4, 0.5) is 9.59 Å². The minimum absolute atomic E-state index is 0.0113. The zero-order chi connectivity index (χ0) is 39.5. The van der Waals surface area contributed by atoms with Gasteiger partial charge >= 0.3 is 12.1 Å². The van der Waals surface area contributed by atoms with Gasteiger partial charge in [-0.1, -0.05) is 98.2 Å². The number of urea groups is 1. The maximum atomic E-state index is 14.4. The Bertz CT molecular complexity index is 1510. The van der Waals surface area contributed by atoms with Crippen LogP contribution in [-0.4, -0.2) is 106 Å². The first-order valence-corrected chi connectivity index (χ1v) is 18.7. The molecule has 0 radical (unpaired) electrons. The lowest BCUT2D eigenvalue weighted by Crippen LogP contribution is -2.60. The number of pyridine rings is 1. The lowest BCUT2D eigenvalue weighted by atomic mass is 9.86. The van der Waals surface area contributed by atoms with Gasteiger partial charge in [0.1, 0.15) is 12.1 Å². The number of nitrogens with zero attached hydrogens (tertiary/aromatic N) is 4. The molecule has 53 heavy (non-hydrogen) atoms. The highest BCUT2D eigenvalue weighted by molar-refractivity contribution is 5.88. The van der Waals surface area contributed by atoms with Crippen LogP contribution in [0.1, 0.15) is 85.2 Å². The smallest absolute Gasteiger partial charge is 0.407 e. The molecule has 2 aromatic rings. The number of hydrazine groups is 1. The van der Waals surface area contributed by atoms with Gasteiger partial charge in [-0.2, -0.15) is 0 Å². The van der Waals surface area contributed by atoms with Crippen molar-refractivity contribution < 1.29 is 29.0 Å². The van der Waals surface area contributed by atoms with Crippen LogP contribution < -0.4 is 16.1 Å². The van der Waals surface area contributed by atoms with Gasteiger partial charge in [-0.15, -0.1) is 0 Å². The Morgan fingerprint density at radius 1 is 0.981 bits per heavy atom. The van der Waals surface area contributed by atoms with Crippen LogP contribution >= 0.6 is 0 Å². The Labute approximate surface area is 316 Å². The van der Waals surface area contributed by atoms with E-state index < -0.39 is 41.6 Å². The Morgan fingerprint density at radius 3 is 2.25 bits per heavy atom. The average molecular weight is 738 g/mol. The molecular formula is C40H63N7O6. The second-order valence-corrected chi connectivity index (χ2v) is 16.5. The summed E-state index contributed by atoms with van der Waals surface area (Å²) in [5, 5.41) is 19.4. The summed E-state index contributed by atoms with van der Waals surface area (Å²) in [6.45, 7) is 19.2. The highest BCUT2D eigenvalue weighted by Crippen LogP contribution is 2.24. The molecule has 5 unspecified atom stereocenters. The van der Waals surface area contributed by atoms with Crippen molar-refractivity contribution in [1.29, 1.82) is 0 Å². The zero-order valence-corrected chi connectivity index (χ0v) is 33.4. The van der Waals surface area contributed by atoms with E-state index in [1.54, 1.807) is 14.8 Å². The van der Waals surface area contributed by atoms with E-state index in [-0.39, 0.29) is 29.8 Å². The van der Waals surface area contributed by atoms with Gasteiger partial charge in [0.05, 0.1) is 31.5 Å². The Morgan fingerprint density at radius 2 is 1.66 bits per heavy atom. The molecule has 1 saturated heterocycles. The average Bonchev–Trinajstić information content (AvgIpc) is 3.43. The number of aliphatic hydroxyl groups excluding tert-OH is 1. The van der Waals surface area contributed by atoms with Crippen molar-refractivity contribution in [3.05, 3.63) is 65.5 Å². The second kappa shape index (κ2) is 19.2. The van der Waals surface area contributed by atoms with Gasteiger partial charge in [0.15, 0.2) is 0 Å². The molecule has 1 aromatic carbocycles. The van der Waals surface area contributed by atoms with Gasteiger partial charge in [-0.05, 0) is 54.2 Å². The van der Waals surface area contributed by atoms with Gasteiger partial charge < -0.3 is 30.3 Å². The van der Waals surface area contributed by atoms with Crippen molar-refractivity contribution in [3.8, 4) is 0 Å². The lowest BCUT2D eigenvalue weighted by molar-refractivity contribution is -0.132. The van der Waals surface area contributed by atoms with Gasteiger partial charge in [-0.25, -0.2) is 14.6 Å². The number of alkyl carbamates (subject to hydrolysis) is 1. The normalized spacial score (nSPS) is 16.5. The molecule has 5 amide bonds. The fourth-order valence-electron chi connectivity index (χ4n) is 6.33. The predicted octanol–water partition coefficient (Wildman–Crippen LogP) is 4.67. The molecule has 13 nitrogen and oxygen atoms in total. The summed E-state index contributed by atoms with van der Waals surface area (Å²) in [7, 11) is 1.24. The van der Waals surface area contributed by atoms with E-state index in [2.05, 4.69) is 41.8 Å². The van der Waals surface area contributed by atoms with E-state index >= 15 is 0 Å². The number of amides is 5. The van der Waals surface area contributed by atoms with E-state index in [4.69, 9.17) is 4.74 Å². The maximum absolute atomic E-state index is 14.4. The fraction of sp³-hybridized carbons (Fsp3) is 0.625. The van der Waals surface area contributed by atoms with Gasteiger partial charge in [0.2, 0.25) is 5.91 Å². The highest BCUT2D eigenvalue weighted by Gasteiger charge is 2.41. The van der Waals surface area contributed by atoms with Crippen molar-refractivity contribution in [1.82, 2.24) is 35.9 Å². The number of aliphatic hydroxyl groups is 1. The maximum Gasteiger partial charge on any atom is 0.407 e. The first-order valence-electron chi connectivity index (χ1n) is 18.7. The van der Waals surface area contributed by atoms with Crippen LogP contribution in [0.5, 0.6) is 0 Å². The number of rotatable bonds is 17. The standard InChI is InChI=1S/C40H63N7O6/c1-11-27(2)33(47-23-22-45(38(47)52)25-30-19-15-16-28(3)41-30)35(49)42-31(24-29-17-13-12-14-18-29)32(48)26-46(21-20-39(4,5)6)44-36(50)34(40(7,8)9)43-37(51)53-10/h12-19,27,31-34,48H,11,20-26H2,1-10H3,(H,42,49)(H,43,51)(H,44,50). The molecule has 3 rings (SSSR count). The largest absolute Gasteiger partial charge is 0.453 e. The number of hydrogen-bond donors (Lipinski definition) is 4. The third kappa shape index (κ3) is 13.3. The lowest BCUT2D eigenvalue weighted by Gasteiger charge is -2.36. The van der Waals surface area contributed by atoms with E-state index in [0.29, 0.717) is 45.4 Å². The van der Waals surface area contributed by atoms with E-state index in [0.717, 1.165) is 17.0 Å². The highest BCUT2D eigenvalue weighted by atomic mass is 16.5. The molecule has 1 aromatic heterocycles. The summed E-state index contributed by atoms with van der Waals surface area (Å²) in [6, 6.07) is 12.6. The molecule has 0 bridgehead atoms. The fourth-order valence-corrected chi connectivity index (χ4v) is 6.33. The van der Waals surface area contributed by atoms with Crippen molar-refractivity contribution in [2.45, 2.75) is 112 Å². The summed E-state index contributed by atoms with van der Waals surface area (Å²) in [5.74, 6) is -0.962. The number of methoxy groups -OCH3 is 1. The van der Waals surface area contributed by atoms with Crippen molar-refractivity contribution >= 4 is 23.9 Å². The van der Waals surface area contributed by atoms with E-state index in [1.165, 1.54) is 7.11 Å². The molecule has 1 aliphatic rings. The van der Waals surface area contributed by atoms with E-state index in [1.807, 2.05) is 90.1 Å². The number of hydrogen-bond acceptors (Lipinski definition) is 8. The first kappa shape index (κ1) is 43.2. The topological polar surface area (TPSA) is 156 Å². The molecule has 0 saturated carbocycles. The number of benzene rings is 1. The van der Waals surface area contributed by atoms with Crippen LogP contribution in [0.2, 0.25) is 0 Å². The Kier molecular flexibility index (Phi) is 15.6. The summed E-state index contributed by atoms with van der Waals surface area (Å²) in [6.07, 6.45) is -0.197. The number of carbonyl (C=O) groups excluding carboxylic acids is 4. The van der Waals surface area contributed by atoms with Gasteiger partial charge in [-0.3, -0.25) is 20.0 Å². The number of ether oxygens (including phenoxy) is 1. The second-order valence-electron chi connectivity index (χ2n) is 16.5. The molecule has 1 aliphatic heterocycles. The van der Waals surface area contributed by atoms with Crippen LogP contribution in [0.3, 0.4) is 0 Å². The molecule has 4 N–H and O–H groups in total. The van der Waals surface area contributed by atoms with Crippen LogP contribution in [-0.2, 0) is 27.3 Å². The third-order valence-corrected chi connectivity index (χ3v) is 9.69. The predicted molar refractivity (Wildman–Crippen MR) is 205 cm³/mol. The summed E-state index contributed by atoms with van der Waals surface area (Å²) in [4.78, 5) is 62.0.